The fourth-order valence-corrected chi connectivity index (χ4v) is 4.99. The van der Waals surface area contributed by atoms with Crippen molar-refractivity contribution in [2.75, 3.05) is 6.61 Å². The van der Waals surface area contributed by atoms with E-state index in [-0.39, 0.29) is 18.0 Å². The summed E-state index contributed by atoms with van der Waals surface area (Å²) in [4.78, 5) is 1.13. The van der Waals surface area contributed by atoms with Crippen LogP contribution in [0.5, 0.6) is 17.2 Å². The second kappa shape index (κ2) is 7.12. The van der Waals surface area contributed by atoms with Gasteiger partial charge in [0.25, 0.3) is 0 Å². The zero-order valence-corrected chi connectivity index (χ0v) is 17.1. The topological polar surface area (TPSA) is 54.3 Å². The molecule has 0 unspecified atom stereocenters. The lowest BCUT2D eigenvalue weighted by molar-refractivity contribution is -0.0191. The van der Waals surface area contributed by atoms with E-state index in [0.29, 0.717) is 13.0 Å². The molecule has 2 aliphatic rings. The molecule has 6 heteroatoms. The zero-order valence-electron chi connectivity index (χ0n) is 16.3. The lowest BCUT2D eigenvalue weighted by Crippen LogP contribution is -2.33. The molecule has 0 bridgehead atoms. The Hall–Kier alpha value is -2.99. The van der Waals surface area contributed by atoms with Crippen LogP contribution in [0.3, 0.4) is 0 Å². The average Bonchev–Trinajstić information content (AvgIpc) is 3.35. The Morgan fingerprint density at radius 1 is 1.21 bits per heavy atom. The fraction of sp³-hybridized carbons (Fsp3) is 0.261. The van der Waals surface area contributed by atoms with Gasteiger partial charge in [-0.2, -0.15) is 5.10 Å². The van der Waals surface area contributed by atoms with Crippen molar-refractivity contribution in [1.29, 1.82) is 0 Å². The number of phenols is 1. The normalized spacial score (nSPS) is 19.9. The highest BCUT2D eigenvalue weighted by Crippen LogP contribution is 2.52. The number of hydrazone groups is 1. The molecule has 2 aliphatic heterocycles. The van der Waals surface area contributed by atoms with Crippen molar-refractivity contribution < 1.29 is 14.6 Å². The van der Waals surface area contributed by atoms with Crippen molar-refractivity contribution in [2.24, 2.45) is 5.10 Å². The predicted molar refractivity (Wildman–Crippen MR) is 114 cm³/mol. The van der Waals surface area contributed by atoms with Gasteiger partial charge in [-0.15, -0.1) is 11.3 Å². The van der Waals surface area contributed by atoms with Gasteiger partial charge in [-0.1, -0.05) is 24.3 Å². The number of ether oxygens (including phenoxy) is 2. The van der Waals surface area contributed by atoms with E-state index < -0.39 is 0 Å². The lowest BCUT2D eigenvalue weighted by Gasteiger charge is -2.38. The number of aryl methyl sites for hydroxylation is 1. The third-order valence-electron chi connectivity index (χ3n) is 5.42. The van der Waals surface area contributed by atoms with Crippen molar-refractivity contribution >= 4 is 17.0 Å². The molecule has 0 fully saturated rings. The van der Waals surface area contributed by atoms with Gasteiger partial charge in [0.15, 0.2) is 11.5 Å². The Morgan fingerprint density at radius 2 is 2.07 bits per heavy atom. The summed E-state index contributed by atoms with van der Waals surface area (Å²) in [7, 11) is 0. The highest BCUT2D eigenvalue weighted by Gasteiger charge is 2.43. The monoisotopic (exact) mass is 406 g/mol. The van der Waals surface area contributed by atoms with Crippen LogP contribution < -0.4 is 9.47 Å². The Kier molecular flexibility index (Phi) is 4.43. The van der Waals surface area contributed by atoms with E-state index in [1.165, 1.54) is 5.56 Å². The Balaban J connectivity index is 1.64. The van der Waals surface area contributed by atoms with Crippen LogP contribution in [0.4, 0.5) is 0 Å². The number of phenolic OH excluding ortho intramolecular Hbond substituents is 1. The molecule has 0 amide bonds. The van der Waals surface area contributed by atoms with E-state index in [1.807, 2.05) is 42.3 Å². The summed E-state index contributed by atoms with van der Waals surface area (Å²) < 4.78 is 12.4. The number of hydrogen-bond acceptors (Lipinski definition) is 6. The molecule has 2 atom stereocenters. The van der Waals surface area contributed by atoms with Gasteiger partial charge >= 0.3 is 0 Å². The summed E-state index contributed by atoms with van der Waals surface area (Å²) in [6, 6.07) is 15.5. The Labute approximate surface area is 173 Å². The van der Waals surface area contributed by atoms with E-state index in [4.69, 9.17) is 14.6 Å². The smallest absolute Gasteiger partial charge is 0.223 e. The summed E-state index contributed by atoms with van der Waals surface area (Å²) in [6.45, 7) is 4.65. The Morgan fingerprint density at radius 3 is 2.83 bits per heavy atom. The molecular formula is C23H22N2O3S. The van der Waals surface area contributed by atoms with Gasteiger partial charge in [-0.3, -0.25) is 0 Å². The first kappa shape index (κ1) is 18.1. The van der Waals surface area contributed by atoms with Crippen molar-refractivity contribution in [3.63, 3.8) is 0 Å². The van der Waals surface area contributed by atoms with Crippen LogP contribution in [0.15, 0.2) is 59.0 Å². The SMILES string of the molecule is CCOc1cccc2c1O[C@@H](c1sccc1C)N1N=C(c3ccccc3O)C[C@@H]21. The highest BCUT2D eigenvalue weighted by molar-refractivity contribution is 7.10. The minimum absolute atomic E-state index is 0.0280. The second-order valence-electron chi connectivity index (χ2n) is 7.21. The van der Waals surface area contributed by atoms with Crippen LogP contribution in [0.2, 0.25) is 0 Å². The molecule has 148 valence electrons. The molecule has 5 rings (SSSR count). The van der Waals surface area contributed by atoms with Crippen LogP contribution >= 0.6 is 11.3 Å². The van der Waals surface area contributed by atoms with Gasteiger partial charge in [0.2, 0.25) is 6.23 Å². The van der Waals surface area contributed by atoms with Gasteiger partial charge in [-0.05, 0) is 49.1 Å². The largest absolute Gasteiger partial charge is 0.507 e. The van der Waals surface area contributed by atoms with Crippen molar-refractivity contribution in [3.05, 3.63) is 75.5 Å². The highest BCUT2D eigenvalue weighted by atomic mass is 32.1. The van der Waals surface area contributed by atoms with Crippen molar-refractivity contribution in [3.8, 4) is 17.2 Å². The number of hydrogen-bond donors (Lipinski definition) is 1. The Bertz CT molecular complexity index is 1090. The molecule has 29 heavy (non-hydrogen) atoms. The number of para-hydroxylation sites is 2. The number of nitrogens with zero attached hydrogens (tertiary/aromatic N) is 2. The van der Waals surface area contributed by atoms with E-state index >= 15 is 0 Å². The minimum atomic E-state index is -0.322. The molecule has 0 spiro atoms. The van der Waals surface area contributed by atoms with Crippen LogP contribution in [0, 0.1) is 6.92 Å². The van der Waals surface area contributed by atoms with Gasteiger partial charge in [0, 0.05) is 17.5 Å². The standard InChI is InChI=1S/C23H22N2O3S/c1-3-27-20-10-6-8-16-18-13-17(15-7-4-5-9-19(15)26)24-25(18)23(28-21(16)20)22-14(2)11-12-29-22/h4-12,18,23,26H,3,13H2,1-2H3/t18-,23-/m0/s1. The number of benzene rings is 2. The molecule has 1 aromatic heterocycles. The van der Waals surface area contributed by atoms with Crippen LogP contribution in [0.25, 0.3) is 0 Å². The third-order valence-corrected chi connectivity index (χ3v) is 6.47. The van der Waals surface area contributed by atoms with Crippen molar-refractivity contribution in [1.82, 2.24) is 5.01 Å². The maximum Gasteiger partial charge on any atom is 0.223 e. The number of thiophene rings is 1. The molecule has 3 aromatic rings. The third kappa shape index (κ3) is 2.95. The number of rotatable bonds is 4. The minimum Gasteiger partial charge on any atom is -0.507 e. The summed E-state index contributed by atoms with van der Waals surface area (Å²) in [5.41, 5.74) is 3.88. The predicted octanol–water partition coefficient (Wildman–Crippen LogP) is 5.40. The molecule has 2 aromatic carbocycles. The molecule has 0 aliphatic carbocycles. The number of aromatic hydroxyl groups is 1. The van der Waals surface area contributed by atoms with E-state index in [1.54, 1.807) is 17.4 Å². The van der Waals surface area contributed by atoms with Gasteiger partial charge in [-0.25, -0.2) is 5.01 Å². The average molecular weight is 407 g/mol. The molecule has 0 radical (unpaired) electrons. The van der Waals surface area contributed by atoms with Crippen molar-refractivity contribution in [2.45, 2.75) is 32.5 Å². The molecule has 0 saturated carbocycles. The van der Waals surface area contributed by atoms with Crippen LogP contribution in [0.1, 0.15) is 47.2 Å². The van der Waals surface area contributed by atoms with Gasteiger partial charge in [0.1, 0.15) is 5.75 Å². The van der Waals surface area contributed by atoms with Crippen LogP contribution in [-0.4, -0.2) is 22.4 Å². The van der Waals surface area contributed by atoms with Crippen LogP contribution in [-0.2, 0) is 0 Å². The summed E-state index contributed by atoms with van der Waals surface area (Å²) >= 11 is 1.67. The maximum absolute atomic E-state index is 10.4. The molecular weight excluding hydrogens is 384 g/mol. The van der Waals surface area contributed by atoms with E-state index in [2.05, 4.69) is 24.4 Å². The molecule has 5 nitrogen and oxygen atoms in total. The molecule has 3 heterocycles. The summed E-state index contributed by atoms with van der Waals surface area (Å²) in [6.07, 6.45) is 0.377. The number of fused-ring (bicyclic) bond motifs is 3. The molecule has 0 saturated heterocycles. The van der Waals surface area contributed by atoms with Gasteiger partial charge in [0.05, 0.1) is 23.2 Å². The summed E-state index contributed by atoms with van der Waals surface area (Å²) in [5, 5.41) is 19.4. The first-order valence-corrected chi connectivity index (χ1v) is 10.7. The van der Waals surface area contributed by atoms with Gasteiger partial charge < -0.3 is 14.6 Å². The maximum atomic E-state index is 10.4. The first-order valence-electron chi connectivity index (χ1n) is 9.78. The zero-order chi connectivity index (χ0) is 20.0. The fourth-order valence-electron chi connectivity index (χ4n) is 4.04. The first-order chi connectivity index (χ1) is 14.2. The van der Waals surface area contributed by atoms with E-state index in [9.17, 15) is 5.11 Å². The quantitative estimate of drug-likeness (QED) is 0.630. The second-order valence-corrected chi connectivity index (χ2v) is 8.16. The molecule has 1 N–H and O–H groups in total. The van der Waals surface area contributed by atoms with E-state index in [0.717, 1.165) is 33.2 Å². The lowest BCUT2D eigenvalue weighted by atomic mass is 9.95. The summed E-state index contributed by atoms with van der Waals surface area (Å²) in [5.74, 6) is 1.81.